The number of hydrogen-bond donors (Lipinski definition) is 1. The summed E-state index contributed by atoms with van der Waals surface area (Å²) in [5.41, 5.74) is 4.31. The minimum Gasteiger partial charge on any atom is -0.478 e. The Kier molecular flexibility index (Phi) is 7.47. The molecule has 1 N–H and O–H groups in total. The number of halogens is 2. The summed E-state index contributed by atoms with van der Waals surface area (Å²) in [6.07, 6.45) is 0.461. The van der Waals surface area contributed by atoms with Gasteiger partial charge in [0.05, 0.1) is 0 Å². The number of nitrogens with zero attached hydrogens (tertiary/aromatic N) is 1. The number of amides is 1. The molecular formula is C25H26Cl2N2O2. The average Bonchev–Trinajstić information content (AvgIpc) is 2.77. The number of rotatable bonds is 7. The minimum absolute atomic E-state index is 0. The molecule has 1 amide bonds. The van der Waals surface area contributed by atoms with Crippen molar-refractivity contribution < 1.29 is 9.53 Å². The molecule has 0 aromatic heterocycles. The molecule has 0 aliphatic carbocycles. The molecule has 3 aromatic rings. The van der Waals surface area contributed by atoms with Crippen LogP contribution in [0, 0.1) is 6.92 Å². The highest BCUT2D eigenvalue weighted by molar-refractivity contribution is 6.30. The standard InChI is InChI=1S/C25H25ClN2O2.ClH/c1-3-18-8-12-20(13-9-18)27-16-23-24(30-21-14-10-19(26)11-15-21)25(29)28(23)22-7-5-4-6-17(22)2;/h4-15,23-24,27H,3,16H2,1-2H3;1H. The number of β-lactam (4-membered cyclic amide) rings is 1. The first-order chi connectivity index (χ1) is 14.6. The molecule has 2 unspecified atom stereocenters. The van der Waals surface area contributed by atoms with Crippen LogP contribution in [0.15, 0.2) is 72.8 Å². The lowest BCUT2D eigenvalue weighted by atomic mass is 9.94. The van der Waals surface area contributed by atoms with Crippen LogP contribution in [0.4, 0.5) is 11.4 Å². The van der Waals surface area contributed by atoms with Crippen LogP contribution < -0.4 is 15.0 Å². The molecule has 2 atom stereocenters. The fourth-order valence-corrected chi connectivity index (χ4v) is 3.84. The van der Waals surface area contributed by atoms with Gasteiger partial charge in [-0.25, -0.2) is 0 Å². The van der Waals surface area contributed by atoms with Crippen molar-refractivity contribution in [1.82, 2.24) is 0 Å². The summed E-state index contributed by atoms with van der Waals surface area (Å²) in [6, 6.07) is 23.3. The van der Waals surface area contributed by atoms with Crippen molar-refractivity contribution in [3.05, 3.63) is 88.9 Å². The van der Waals surface area contributed by atoms with Crippen LogP contribution in [0.5, 0.6) is 5.75 Å². The van der Waals surface area contributed by atoms with E-state index in [4.69, 9.17) is 16.3 Å². The van der Waals surface area contributed by atoms with E-state index in [1.807, 2.05) is 36.1 Å². The molecule has 162 valence electrons. The van der Waals surface area contributed by atoms with Gasteiger partial charge < -0.3 is 10.1 Å². The van der Waals surface area contributed by atoms with Gasteiger partial charge in [0.25, 0.3) is 5.91 Å². The molecule has 4 nitrogen and oxygen atoms in total. The van der Waals surface area contributed by atoms with Crippen LogP contribution >= 0.6 is 24.0 Å². The first-order valence-corrected chi connectivity index (χ1v) is 10.6. The Balaban J connectivity index is 0.00000272. The van der Waals surface area contributed by atoms with Crippen LogP contribution in [0.25, 0.3) is 0 Å². The minimum atomic E-state index is -0.548. The van der Waals surface area contributed by atoms with E-state index in [2.05, 4.69) is 36.5 Å². The Bertz CT molecular complexity index is 1020. The van der Waals surface area contributed by atoms with Crippen molar-refractivity contribution in [3.8, 4) is 5.75 Å². The monoisotopic (exact) mass is 456 g/mol. The number of ether oxygens (including phenoxy) is 1. The third-order valence-corrected chi connectivity index (χ3v) is 5.74. The fraction of sp³-hybridized carbons (Fsp3) is 0.240. The predicted octanol–water partition coefficient (Wildman–Crippen LogP) is 5.91. The van der Waals surface area contributed by atoms with E-state index in [0.29, 0.717) is 17.3 Å². The Morgan fingerprint density at radius 2 is 1.68 bits per heavy atom. The second kappa shape index (κ2) is 10.1. The lowest BCUT2D eigenvalue weighted by Crippen LogP contribution is -2.69. The van der Waals surface area contributed by atoms with Gasteiger partial charge in [-0.3, -0.25) is 9.69 Å². The second-order valence-electron chi connectivity index (χ2n) is 7.49. The van der Waals surface area contributed by atoms with Gasteiger partial charge in [0.2, 0.25) is 0 Å². The lowest BCUT2D eigenvalue weighted by molar-refractivity contribution is -0.134. The number of benzene rings is 3. The number of aryl methyl sites for hydroxylation is 2. The predicted molar refractivity (Wildman–Crippen MR) is 130 cm³/mol. The van der Waals surface area contributed by atoms with Crippen LogP contribution in [0.1, 0.15) is 18.1 Å². The maximum absolute atomic E-state index is 13.0. The van der Waals surface area contributed by atoms with Crippen molar-refractivity contribution in [1.29, 1.82) is 0 Å². The Morgan fingerprint density at radius 1 is 1.00 bits per heavy atom. The summed E-state index contributed by atoms with van der Waals surface area (Å²) < 4.78 is 6.06. The number of carbonyl (C=O) groups excluding carboxylic acids is 1. The van der Waals surface area contributed by atoms with E-state index in [0.717, 1.165) is 23.4 Å². The zero-order valence-corrected chi connectivity index (χ0v) is 19.1. The summed E-state index contributed by atoms with van der Waals surface area (Å²) in [5.74, 6) is 0.604. The highest BCUT2D eigenvalue weighted by atomic mass is 35.5. The van der Waals surface area contributed by atoms with E-state index in [1.165, 1.54) is 5.56 Å². The van der Waals surface area contributed by atoms with Gasteiger partial charge in [-0.15, -0.1) is 12.4 Å². The molecule has 0 spiro atoms. The fourth-order valence-electron chi connectivity index (χ4n) is 3.72. The number of hydrogen-bond acceptors (Lipinski definition) is 3. The molecule has 1 aliphatic heterocycles. The molecule has 1 saturated heterocycles. The molecule has 0 bridgehead atoms. The quantitative estimate of drug-likeness (QED) is 0.449. The first kappa shape index (κ1) is 23.0. The molecule has 3 aromatic carbocycles. The number of nitrogens with one attached hydrogen (secondary N) is 1. The molecule has 1 fully saturated rings. The number of para-hydroxylation sites is 1. The molecule has 1 heterocycles. The van der Waals surface area contributed by atoms with Crippen LogP contribution in [-0.2, 0) is 11.2 Å². The topological polar surface area (TPSA) is 41.6 Å². The van der Waals surface area contributed by atoms with Gasteiger partial charge in [-0.1, -0.05) is 48.9 Å². The first-order valence-electron chi connectivity index (χ1n) is 10.2. The normalized spacial score (nSPS) is 17.5. The highest BCUT2D eigenvalue weighted by Gasteiger charge is 2.50. The van der Waals surface area contributed by atoms with Crippen molar-refractivity contribution in [2.45, 2.75) is 32.4 Å². The molecule has 31 heavy (non-hydrogen) atoms. The van der Waals surface area contributed by atoms with Gasteiger partial charge in [0, 0.05) is 22.9 Å². The maximum atomic E-state index is 13.0. The third kappa shape index (κ3) is 4.97. The molecule has 0 radical (unpaired) electrons. The van der Waals surface area contributed by atoms with Gasteiger partial charge in [-0.05, 0) is 66.9 Å². The summed E-state index contributed by atoms with van der Waals surface area (Å²) in [5, 5.41) is 4.10. The summed E-state index contributed by atoms with van der Waals surface area (Å²) in [4.78, 5) is 14.9. The van der Waals surface area contributed by atoms with E-state index < -0.39 is 6.10 Å². The smallest absolute Gasteiger partial charge is 0.270 e. The largest absolute Gasteiger partial charge is 0.478 e. The average molecular weight is 457 g/mol. The van der Waals surface area contributed by atoms with Gasteiger partial charge in [-0.2, -0.15) is 0 Å². The Labute approximate surface area is 194 Å². The molecular weight excluding hydrogens is 431 g/mol. The highest BCUT2D eigenvalue weighted by Crippen LogP contribution is 2.33. The Morgan fingerprint density at radius 3 is 2.32 bits per heavy atom. The summed E-state index contributed by atoms with van der Waals surface area (Å²) >= 11 is 5.97. The van der Waals surface area contributed by atoms with E-state index in [9.17, 15) is 4.79 Å². The van der Waals surface area contributed by atoms with Crippen LogP contribution in [0.2, 0.25) is 5.02 Å². The lowest BCUT2D eigenvalue weighted by Gasteiger charge is -2.47. The number of anilines is 2. The van der Waals surface area contributed by atoms with Crippen molar-refractivity contribution in [2.24, 2.45) is 0 Å². The summed E-state index contributed by atoms with van der Waals surface area (Å²) in [6.45, 7) is 4.74. The summed E-state index contributed by atoms with van der Waals surface area (Å²) in [7, 11) is 0. The zero-order valence-electron chi connectivity index (χ0n) is 17.5. The van der Waals surface area contributed by atoms with Gasteiger partial charge in [0.1, 0.15) is 11.8 Å². The van der Waals surface area contributed by atoms with E-state index in [1.54, 1.807) is 24.3 Å². The Hall–Kier alpha value is -2.69. The van der Waals surface area contributed by atoms with E-state index >= 15 is 0 Å². The zero-order chi connectivity index (χ0) is 21.1. The van der Waals surface area contributed by atoms with Crippen molar-refractivity contribution >= 4 is 41.3 Å². The van der Waals surface area contributed by atoms with Crippen molar-refractivity contribution in [3.63, 3.8) is 0 Å². The van der Waals surface area contributed by atoms with Gasteiger partial charge in [0.15, 0.2) is 6.10 Å². The van der Waals surface area contributed by atoms with Crippen molar-refractivity contribution in [2.75, 3.05) is 16.8 Å². The maximum Gasteiger partial charge on any atom is 0.270 e. The number of carbonyl (C=O) groups is 1. The molecule has 0 saturated carbocycles. The SMILES string of the molecule is CCc1ccc(NCC2C(Oc3ccc(Cl)cc3)C(=O)N2c2ccccc2C)cc1.Cl. The molecule has 1 aliphatic rings. The van der Waals surface area contributed by atoms with Crippen LogP contribution in [-0.4, -0.2) is 24.6 Å². The molecule has 6 heteroatoms. The molecule has 4 rings (SSSR count). The van der Waals surface area contributed by atoms with Gasteiger partial charge >= 0.3 is 0 Å². The van der Waals surface area contributed by atoms with Crippen LogP contribution in [0.3, 0.4) is 0 Å². The third-order valence-electron chi connectivity index (χ3n) is 5.49. The second-order valence-corrected chi connectivity index (χ2v) is 7.92. The van der Waals surface area contributed by atoms with E-state index in [-0.39, 0.29) is 24.4 Å².